The Morgan fingerprint density at radius 1 is 0.619 bits per heavy atom. The summed E-state index contributed by atoms with van der Waals surface area (Å²) in [5, 5.41) is 0. The molecule has 4 aliphatic carbocycles. The van der Waals surface area contributed by atoms with Gasteiger partial charge in [-0.1, -0.05) is 116 Å². The van der Waals surface area contributed by atoms with Gasteiger partial charge in [-0.25, -0.2) is 0 Å². The van der Waals surface area contributed by atoms with Crippen LogP contribution in [-0.2, 0) is 8.85 Å². The van der Waals surface area contributed by atoms with Crippen molar-refractivity contribution in [1.82, 2.24) is 0 Å². The van der Waals surface area contributed by atoms with Crippen LogP contribution in [0.4, 0.5) is 0 Å². The maximum absolute atomic E-state index is 7.19. The third-order valence-electron chi connectivity index (χ3n) is 10.2. The Bertz CT molecular complexity index is 1180. The monoisotopic (exact) mass is 598 g/mol. The molecule has 4 rings (SSSR count). The lowest BCUT2D eigenvalue weighted by Crippen LogP contribution is -2.44. The second-order valence-corrected chi connectivity index (χ2v) is 23.4. The quantitative estimate of drug-likeness (QED) is 0.138. The van der Waals surface area contributed by atoms with Crippen LogP contribution >= 0.6 is 0 Å². The smallest absolute Gasteiger partial charge is 0.259 e. The van der Waals surface area contributed by atoms with Gasteiger partial charge < -0.3 is 8.85 Å². The van der Waals surface area contributed by atoms with Gasteiger partial charge in [-0.15, -0.1) is 13.2 Å². The largest absolute Gasteiger partial charge is 0.545 e. The summed E-state index contributed by atoms with van der Waals surface area (Å²) < 4.78 is 14.4. The van der Waals surface area contributed by atoms with Crippen molar-refractivity contribution in [3.63, 3.8) is 0 Å². The molecular weight excluding hydrogens is 545 g/mol. The molecule has 0 N–H and O–H groups in total. The molecule has 226 valence electrons. The van der Waals surface area contributed by atoms with Gasteiger partial charge in [0, 0.05) is 0 Å². The molecule has 42 heavy (non-hydrogen) atoms. The second kappa shape index (κ2) is 13.4. The van der Waals surface area contributed by atoms with E-state index < -0.39 is 16.6 Å². The summed E-state index contributed by atoms with van der Waals surface area (Å²) >= 11 is 0. The highest BCUT2D eigenvalue weighted by Crippen LogP contribution is 2.48. The Labute approximate surface area is 259 Å². The molecule has 2 atom stereocenters. The molecule has 4 heteroatoms. The molecule has 0 bridgehead atoms. The van der Waals surface area contributed by atoms with Gasteiger partial charge >= 0.3 is 0 Å². The molecule has 0 aliphatic heterocycles. The average molecular weight is 599 g/mol. The summed E-state index contributed by atoms with van der Waals surface area (Å²) in [6.07, 6.45) is 28.9. The van der Waals surface area contributed by atoms with E-state index in [1.165, 1.54) is 22.3 Å². The van der Waals surface area contributed by atoms with Crippen molar-refractivity contribution in [2.75, 3.05) is 0 Å². The molecule has 0 aromatic rings. The Morgan fingerprint density at radius 2 is 0.976 bits per heavy atom. The highest BCUT2D eigenvalue weighted by atomic mass is 28.4. The third-order valence-corrected chi connectivity index (χ3v) is 21.1. The van der Waals surface area contributed by atoms with Crippen LogP contribution < -0.4 is 0 Å². The zero-order valence-corrected chi connectivity index (χ0v) is 29.5. The van der Waals surface area contributed by atoms with Crippen LogP contribution in [-0.4, -0.2) is 16.6 Å². The summed E-state index contributed by atoms with van der Waals surface area (Å²) in [5.74, 6) is 2.74. The van der Waals surface area contributed by atoms with E-state index in [0.29, 0.717) is 22.2 Å². The van der Waals surface area contributed by atoms with E-state index >= 15 is 0 Å². The van der Waals surface area contributed by atoms with E-state index in [-0.39, 0.29) is 11.8 Å². The van der Waals surface area contributed by atoms with Gasteiger partial charge in [-0.2, -0.15) is 0 Å². The van der Waals surface area contributed by atoms with E-state index in [0.717, 1.165) is 36.4 Å². The van der Waals surface area contributed by atoms with Crippen LogP contribution in [0.25, 0.3) is 0 Å². The Balaban J connectivity index is 1.62. The van der Waals surface area contributed by atoms with Gasteiger partial charge in [-0.3, -0.25) is 0 Å². The molecule has 0 saturated heterocycles. The summed E-state index contributed by atoms with van der Waals surface area (Å²) in [7, 11) is -4.15. The highest BCUT2D eigenvalue weighted by Gasteiger charge is 2.46. The standard InChI is InChI=1S/C38H54O2Si2/c1-11-23-41(27(3)4,28(5)6)39-37-25-31(33-17-13-15-19-35(33)37)21-22-32-26-38(36-20-16-14-18-34(32)36)40-42(24-12-2,29(7)8)30(9)10/h11-20,25-30,35-36H,1-2,21-24H2,3-10H3. The number of hydrogen-bond acceptors (Lipinski definition) is 2. The number of fused-ring (bicyclic) bond motifs is 2. The number of rotatable bonds is 15. The van der Waals surface area contributed by atoms with Crippen LogP contribution in [0.1, 0.15) is 68.2 Å². The minimum atomic E-state index is -2.08. The zero-order chi connectivity index (χ0) is 30.7. The number of hydrogen-bond donors (Lipinski definition) is 0. The Kier molecular flexibility index (Phi) is 10.3. The molecule has 0 saturated carbocycles. The van der Waals surface area contributed by atoms with Crippen molar-refractivity contribution in [2.45, 2.75) is 102 Å². The molecule has 0 aromatic carbocycles. The summed E-state index contributed by atoms with van der Waals surface area (Å²) in [4.78, 5) is 0. The van der Waals surface area contributed by atoms with E-state index in [1.54, 1.807) is 0 Å². The van der Waals surface area contributed by atoms with Crippen molar-refractivity contribution in [2.24, 2.45) is 11.8 Å². The van der Waals surface area contributed by atoms with Gasteiger partial charge in [0.2, 0.25) is 0 Å². The van der Waals surface area contributed by atoms with Crippen molar-refractivity contribution in [1.29, 1.82) is 0 Å². The molecule has 0 spiro atoms. The van der Waals surface area contributed by atoms with Crippen LogP contribution in [0, 0.1) is 11.8 Å². The van der Waals surface area contributed by atoms with E-state index in [2.05, 4.69) is 141 Å². The molecule has 0 fully saturated rings. The molecule has 0 heterocycles. The third kappa shape index (κ3) is 6.08. The highest BCUT2D eigenvalue weighted by molar-refractivity contribution is 6.77. The van der Waals surface area contributed by atoms with E-state index in [9.17, 15) is 0 Å². The minimum Gasteiger partial charge on any atom is -0.545 e. The minimum absolute atomic E-state index is 0.225. The van der Waals surface area contributed by atoms with Gasteiger partial charge in [0.05, 0.1) is 23.4 Å². The molecular formula is C38H54O2Si2. The van der Waals surface area contributed by atoms with Crippen LogP contribution in [0.5, 0.6) is 0 Å². The first kappa shape index (κ1) is 32.3. The fourth-order valence-corrected chi connectivity index (χ4v) is 15.3. The predicted molar refractivity (Wildman–Crippen MR) is 187 cm³/mol. The first-order chi connectivity index (χ1) is 20.0. The maximum atomic E-state index is 7.19. The Hall–Kier alpha value is -2.57. The average Bonchev–Trinajstić information content (AvgIpc) is 3.48. The lowest BCUT2D eigenvalue weighted by molar-refractivity contribution is 0.358. The van der Waals surface area contributed by atoms with Gasteiger partial charge in [0.15, 0.2) is 0 Å². The molecule has 0 aromatic heterocycles. The molecule has 4 aliphatic rings. The van der Waals surface area contributed by atoms with E-state index in [4.69, 9.17) is 8.85 Å². The van der Waals surface area contributed by atoms with Crippen LogP contribution in [0.15, 0.2) is 120 Å². The maximum Gasteiger partial charge on any atom is 0.259 e. The summed E-state index contributed by atoms with van der Waals surface area (Å²) in [5.41, 5.74) is 7.67. The normalized spacial score (nSPS) is 21.5. The van der Waals surface area contributed by atoms with Crippen molar-refractivity contribution in [3.05, 3.63) is 120 Å². The van der Waals surface area contributed by atoms with Crippen molar-refractivity contribution in [3.8, 4) is 0 Å². The van der Waals surface area contributed by atoms with Gasteiger partial charge in [-0.05, 0) is 81.5 Å². The van der Waals surface area contributed by atoms with E-state index in [1.807, 2.05) is 0 Å². The summed E-state index contributed by atoms with van der Waals surface area (Å²) in [6.45, 7) is 26.9. The predicted octanol–water partition coefficient (Wildman–Crippen LogP) is 11.6. The molecule has 2 unspecified atom stereocenters. The first-order valence-electron chi connectivity index (χ1n) is 16.2. The second-order valence-electron chi connectivity index (χ2n) is 13.7. The first-order valence-corrected chi connectivity index (χ1v) is 20.7. The molecule has 0 amide bonds. The topological polar surface area (TPSA) is 18.5 Å². The van der Waals surface area contributed by atoms with Crippen molar-refractivity contribution < 1.29 is 8.85 Å². The van der Waals surface area contributed by atoms with Crippen LogP contribution in [0.3, 0.4) is 0 Å². The fraction of sp³-hybridized carbons (Fsp3) is 0.474. The van der Waals surface area contributed by atoms with Crippen LogP contribution in [0.2, 0.25) is 34.3 Å². The SMILES string of the molecule is C=CC[Si](OC1=CC(CCC2=C3C=CC=CC3C(O[Si](CC=C)(C(C)C)C(C)C)=C2)=C2C=CC=CC12)(C(C)C)C(C)C. The zero-order valence-electron chi connectivity index (χ0n) is 27.5. The fourth-order valence-electron chi connectivity index (χ4n) is 7.49. The molecule has 2 nitrogen and oxygen atoms in total. The lowest BCUT2D eigenvalue weighted by Gasteiger charge is -2.40. The Morgan fingerprint density at radius 3 is 1.29 bits per heavy atom. The van der Waals surface area contributed by atoms with Gasteiger partial charge in [0.25, 0.3) is 16.6 Å². The van der Waals surface area contributed by atoms with Crippen molar-refractivity contribution >= 4 is 16.6 Å². The molecule has 0 radical (unpaired) electrons. The lowest BCUT2D eigenvalue weighted by atomic mass is 9.91. The number of allylic oxidation sites excluding steroid dienone is 14. The van der Waals surface area contributed by atoms with Gasteiger partial charge in [0.1, 0.15) is 0 Å². The summed E-state index contributed by atoms with van der Waals surface area (Å²) in [6, 6.07) is 1.95.